The fourth-order valence-corrected chi connectivity index (χ4v) is 12.1. The van der Waals surface area contributed by atoms with Crippen LogP contribution in [0.3, 0.4) is 0 Å². The van der Waals surface area contributed by atoms with Gasteiger partial charge in [-0.25, -0.2) is 5.01 Å². The number of hydrogen-bond donors (Lipinski definition) is 2. The summed E-state index contributed by atoms with van der Waals surface area (Å²) in [6.45, 7) is 7.28. The van der Waals surface area contributed by atoms with Crippen molar-refractivity contribution < 1.29 is 19.5 Å². The number of benzene rings is 4. The van der Waals surface area contributed by atoms with Crippen LogP contribution in [-0.4, -0.2) is 82.6 Å². The summed E-state index contributed by atoms with van der Waals surface area (Å²) in [7, 11) is 0. The highest BCUT2D eigenvalue weighted by molar-refractivity contribution is 6.05. The number of nitrogens with one attached hydrogen (secondary N) is 1. The molecular formula is C50H57N5O4. The summed E-state index contributed by atoms with van der Waals surface area (Å²) in [5, 5.41) is 16.8. The Morgan fingerprint density at radius 1 is 0.746 bits per heavy atom. The van der Waals surface area contributed by atoms with Gasteiger partial charge in [-0.15, -0.1) is 0 Å². The van der Waals surface area contributed by atoms with Gasteiger partial charge in [0.25, 0.3) is 5.91 Å². The van der Waals surface area contributed by atoms with E-state index in [9.17, 15) is 19.5 Å². The molecule has 0 radical (unpaired) electrons. The predicted molar refractivity (Wildman–Crippen MR) is 229 cm³/mol. The summed E-state index contributed by atoms with van der Waals surface area (Å²) >= 11 is 0. The number of rotatable bonds is 8. The molecular weight excluding hydrogens is 735 g/mol. The first-order valence-electron chi connectivity index (χ1n) is 22.2. The lowest BCUT2D eigenvalue weighted by Gasteiger charge is -2.54. The molecule has 4 aromatic rings. The summed E-state index contributed by atoms with van der Waals surface area (Å²) in [4.78, 5) is 45.7. The van der Waals surface area contributed by atoms with Crippen LogP contribution in [0.1, 0.15) is 121 Å². The first-order chi connectivity index (χ1) is 28.8. The normalized spacial score (nSPS) is 29.9. The molecule has 3 amide bonds. The van der Waals surface area contributed by atoms with Crippen LogP contribution in [0.25, 0.3) is 0 Å². The maximum atomic E-state index is 13.9. The van der Waals surface area contributed by atoms with E-state index < -0.39 is 0 Å². The summed E-state index contributed by atoms with van der Waals surface area (Å²) in [5.74, 6) is 0.322. The van der Waals surface area contributed by atoms with Gasteiger partial charge in [0.1, 0.15) is 5.75 Å². The maximum absolute atomic E-state index is 13.9. The average molecular weight is 792 g/mol. The molecule has 4 aromatic carbocycles. The number of carbonyl (C=O) groups excluding carboxylic acids is 3. The van der Waals surface area contributed by atoms with Gasteiger partial charge in [-0.3, -0.25) is 19.3 Å². The molecule has 10 rings (SSSR count). The van der Waals surface area contributed by atoms with Crippen molar-refractivity contribution in [3.05, 3.63) is 130 Å². The van der Waals surface area contributed by atoms with Crippen molar-refractivity contribution in [1.82, 2.24) is 20.2 Å². The van der Waals surface area contributed by atoms with E-state index in [1.807, 2.05) is 36.4 Å². The van der Waals surface area contributed by atoms with Crippen molar-refractivity contribution in [2.24, 2.45) is 11.3 Å². The van der Waals surface area contributed by atoms with Gasteiger partial charge in [0.05, 0.1) is 6.04 Å². The molecule has 0 bridgehead atoms. The van der Waals surface area contributed by atoms with Crippen LogP contribution in [0, 0.1) is 11.3 Å². The molecule has 9 nitrogen and oxygen atoms in total. The van der Waals surface area contributed by atoms with Crippen molar-refractivity contribution in [2.75, 3.05) is 37.6 Å². The van der Waals surface area contributed by atoms with Gasteiger partial charge in [-0.2, -0.15) is 5.01 Å². The Labute approximate surface area is 348 Å². The van der Waals surface area contributed by atoms with Gasteiger partial charge in [0, 0.05) is 80.7 Å². The molecule has 9 heteroatoms. The second-order valence-corrected chi connectivity index (χ2v) is 18.5. The molecule has 0 spiro atoms. The number of carbonyl (C=O) groups is 3. The van der Waals surface area contributed by atoms with Gasteiger partial charge in [-0.05, 0) is 108 Å². The lowest BCUT2D eigenvalue weighted by Crippen LogP contribution is -2.64. The molecule has 4 aliphatic heterocycles. The quantitative estimate of drug-likeness (QED) is 0.175. The molecule has 3 unspecified atom stereocenters. The molecule has 0 aromatic heterocycles. The number of aromatic hydroxyl groups is 1. The Kier molecular flexibility index (Phi) is 10.1. The molecule has 2 N–H and O–H groups in total. The van der Waals surface area contributed by atoms with E-state index in [1.54, 1.807) is 5.01 Å². The minimum atomic E-state index is -0.331. The molecule has 4 heterocycles. The van der Waals surface area contributed by atoms with Crippen LogP contribution < -0.4 is 10.2 Å². The van der Waals surface area contributed by atoms with E-state index in [-0.39, 0.29) is 47.1 Å². The number of phenolic OH excluding ortho intramolecular Hbond substituents is 1. The summed E-state index contributed by atoms with van der Waals surface area (Å²) in [6, 6.07) is 34.3. The van der Waals surface area contributed by atoms with Gasteiger partial charge in [-0.1, -0.05) is 86.5 Å². The lowest BCUT2D eigenvalue weighted by molar-refractivity contribution is -0.169. The number of fused-ring (bicyclic) bond motifs is 2. The molecule has 306 valence electrons. The van der Waals surface area contributed by atoms with Gasteiger partial charge in [0.15, 0.2) is 0 Å². The van der Waals surface area contributed by atoms with E-state index >= 15 is 0 Å². The number of anilines is 1. The Morgan fingerprint density at radius 2 is 1.49 bits per heavy atom. The fraction of sp³-hybridized carbons (Fsp3) is 0.460. The van der Waals surface area contributed by atoms with Crippen LogP contribution in [0.4, 0.5) is 5.69 Å². The second kappa shape index (κ2) is 15.6. The standard InChI is InChI=1S/C50H57N5O4/c1-50(31-43-42(32-51-43)48-40-12-5-6-13-41(40)49(59)55(48)54-45(57)15-9-16-46(54)58)25-8-7-14-44(50)53-28-26-52(27-29-53)36-20-17-34(18-21-36)47-38(33-10-3-2-4-11-33)23-19-35-30-37(56)22-24-39(35)47/h2-6,10-13,17-18,20-22,24,30,38,42-44,47-48,51,56H,7-9,14-16,19,23,25-29,31-32H2,1H3/t38-,42?,43-,44?,47+,48?,50-/m1/s1. The summed E-state index contributed by atoms with van der Waals surface area (Å²) < 4.78 is 0. The zero-order chi connectivity index (χ0) is 40.3. The number of piperidine rings is 1. The maximum Gasteiger partial charge on any atom is 0.273 e. The minimum absolute atomic E-state index is 0.102. The number of nitrogens with zero attached hydrogens (tertiary/aromatic N) is 4. The van der Waals surface area contributed by atoms with Crippen LogP contribution in [0.15, 0.2) is 97.1 Å². The molecule has 2 aliphatic carbocycles. The summed E-state index contributed by atoms with van der Waals surface area (Å²) in [5.41, 5.74) is 8.22. The lowest BCUT2D eigenvalue weighted by atomic mass is 9.64. The van der Waals surface area contributed by atoms with Crippen molar-refractivity contribution in [3.63, 3.8) is 0 Å². The van der Waals surface area contributed by atoms with Crippen LogP contribution in [0.2, 0.25) is 0 Å². The first kappa shape index (κ1) is 38.2. The van der Waals surface area contributed by atoms with Crippen LogP contribution in [0.5, 0.6) is 5.75 Å². The van der Waals surface area contributed by atoms with Gasteiger partial charge >= 0.3 is 0 Å². The third-order valence-corrected chi connectivity index (χ3v) is 15.1. The highest BCUT2D eigenvalue weighted by atomic mass is 16.3. The minimum Gasteiger partial charge on any atom is -0.508 e. The number of piperazine rings is 1. The molecule has 59 heavy (non-hydrogen) atoms. The fourth-order valence-electron chi connectivity index (χ4n) is 12.1. The number of hydrazine groups is 1. The van der Waals surface area contributed by atoms with Crippen LogP contribution in [-0.2, 0) is 16.0 Å². The Bertz CT molecular complexity index is 2200. The zero-order valence-corrected chi connectivity index (χ0v) is 34.3. The molecule has 4 fully saturated rings. The van der Waals surface area contributed by atoms with Crippen LogP contribution >= 0.6 is 0 Å². The number of phenols is 1. The van der Waals surface area contributed by atoms with Gasteiger partial charge < -0.3 is 15.3 Å². The van der Waals surface area contributed by atoms with Gasteiger partial charge in [0.2, 0.25) is 11.8 Å². The number of hydrogen-bond acceptors (Lipinski definition) is 7. The van der Waals surface area contributed by atoms with E-state index in [1.165, 1.54) is 58.6 Å². The van der Waals surface area contributed by atoms with Crippen molar-refractivity contribution in [1.29, 1.82) is 0 Å². The molecule has 3 saturated heterocycles. The number of imide groups is 1. The predicted octanol–water partition coefficient (Wildman–Crippen LogP) is 7.95. The topological polar surface area (TPSA) is 96.4 Å². The van der Waals surface area contributed by atoms with Crippen molar-refractivity contribution >= 4 is 23.4 Å². The van der Waals surface area contributed by atoms with E-state index in [4.69, 9.17) is 0 Å². The van der Waals surface area contributed by atoms with Crippen molar-refractivity contribution in [2.45, 2.75) is 101 Å². The van der Waals surface area contributed by atoms with E-state index in [0.29, 0.717) is 42.5 Å². The zero-order valence-electron chi connectivity index (χ0n) is 34.3. The first-order valence-corrected chi connectivity index (χ1v) is 22.2. The largest absolute Gasteiger partial charge is 0.508 e. The highest BCUT2D eigenvalue weighted by Gasteiger charge is 2.54. The smallest absolute Gasteiger partial charge is 0.273 e. The number of aryl methyl sites for hydroxylation is 1. The monoisotopic (exact) mass is 791 g/mol. The Balaban J connectivity index is 0.833. The van der Waals surface area contributed by atoms with E-state index in [0.717, 1.165) is 57.5 Å². The van der Waals surface area contributed by atoms with Crippen molar-refractivity contribution in [3.8, 4) is 5.75 Å². The second-order valence-electron chi connectivity index (χ2n) is 18.5. The third kappa shape index (κ3) is 6.84. The Hall–Kier alpha value is -4.99. The Morgan fingerprint density at radius 3 is 2.24 bits per heavy atom. The average Bonchev–Trinajstić information content (AvgIpc) is 3.53. The molecule has 1 saturated carbocycles. The number of amides is 3. The summed E-state index contributed by atoms with van der Waals surface area (Å²) in [6.07, 6.45) is 8.99. The highest BCUT2D eigenvalue weighted by Crippen LogP contribution is 2.50. The molecule has 6 aliphatic rings. The third-order valence-electron chi connectivity index (χ3n) is 15.1. The SMILES string of the molecule is C[C@]1(C[C@H]2NCC2C2c3ccccc3C(=O)N2N2C(=O)CCCC2=O)CCCCC1N1CCN(c2ccc([C@@H]3c4ccc(O)cc4CC[C@@H]3c3ccccc3)cc2)CC1. The van der Waals surface area contributed by atoms with E-state index in [2.05, 4.69) is 82.7 Å². The molecule has 7 atom stereocenters.